The number of amides is 1. The average Bonchev–Trinajstić information content (AvgIpc) is 2.79. The van der Waals surface area contributed by atoms with Gasteiger partial charge in [0.1, 0.15) is 5.82 Å². The number of fused-ring (bicyclic) bond motifs is 1. The largest absolute Gasteiger partial charge is 0.375 e. The smallest absolute Gasteiger partial charge is 0.225 e. The van der Waals surface area contributed by atoms with E-state index in [0.29, 0.717) is 25.5 Å². The van der Waals surface area contributed by atoms with Gasteiger partial charge in [0.15, 0.2) is 5.96 Å². The summed E-state index contributed by atoms with van der Waals surface area (Å²) >= 11 is 0. The molecule has 0 aliphatic carbocycles. The van der Waals surface area contributed by atoms with E-state index in [9.17, 15) is 4.79 Å². The second-order valence-electron chi connectivity index (χ2n) is 8.00. The van der Waals surface area contributed by atoms with E-state index in [-0.39, 0.29) is 17.9 Å². The Kier molecular flexibility index (Phi) is 6.66. The van der Waals surface area contributed by atoms with Crippen LogP contribution in [0, 0.1) is 0 Å². The molecule has 2 aliphatic heterocycles. The summed E-state index contributed by atoms with van der Waals surface area (Å²) in [6, 6.07) is 12.1. The van der Waals surface area contributed by atoms with Gasteiger partial charge in [0, 0.05) is 57.4 Å². The van der Waals surface area contributed by atoms with Gasteiger partial charge in [-0.1, -0.05) is 24.3 Å². The van der Waals surface area contributed by atoms with Gasteiger partial charge in [-0.2, -0.15) is 0 Å². The lowest BCUT2D eigenvalue weighted by Crippen LogP contribution is -2.41. The zero-order chi connectivity index (χ0) is 21.6. The minimum atomic E-state index is 0.0503. The van der Waals surface area contributed by atoms with E-state index in [4.69, 9.17) is 4.74 Å². The summed E-state index contributed by atoms with van der Waals surface area (Å²) in [4.78, 5) is 23.2. The Bertz CT molecular complexity index is 930. The third kappa shape index (κ3) is 5.32. The van der Waals surface area contributed by atoms with Gasteiger partial charge in [-0.15, -0.1) is 0 Å². The number of hydrogen-bond donors (Lipinski definition) is 3. The topological polar surface area (TPSA) is 90.9 Å². The van der Waals surface area contributed by atoms with Crippen molar-refractivity contribution in [2.24, 2.45) is 4.99 Å². The third-order valence-corrected chi connectivity index (χ3v) is 5.68. The van der Waals surface area contributed by atoms with Gasteiger partial charge in [0.2, 0.25) is 5.91 Å². The van der Waals surface area contributed by atoms with Crippen molar-refractivity contribution in [2.75, 3.05) is 43.5 Å². The molecule has 1 aromatic heterocycles. The van der Waals surface area contributed by atoms with Crippen molar-refractivity contribution in [2.45, 2.75) is 31.9 Å². The lowest BCUT2D eigenvalue weighted by atomic mass is 9.90. The second kappa shape index (κ2) is 9.78. The number of aromatic nitrogens is 1. The summed E-state index contributed by atoms with van der Waals surface area (Å²) in [5.41, 5.74) is 3.13. The van der Waals surface area contributed by atoms with E-state index in [2.05, 4.69) is 55.9 Å². The number of carbonyl (C=O) groups excluding carboxylic acids is 1. The average molecular weight is 423 g/mol. The van der Waals surface area contributed by atoms with Crippen molar-refractivity contribution < 1.29 is 9.53 Å². The van der Waals surface area contributed by atoms with Crippen LogP contribution in [0.3, 0.4) is 0 Å². The van der Waals surface area contributed by atoms with E-state index in [1.165, 1.54) is 0 Å². The first kappa shape index (κ1) is 21.1. The van der Waals surface area contributed by atoms with E-state index in [1.54, 1.807) is 7.05 Å². The zero-order valence-corrected chi connectivity index (χ0v) is 18.1. The maximum absolute atomic E-state index is 12.0. The fraction of sp³-hybridized carbons (Fsp3) is 0.435. The molecule has 3 heterocycles. The summed E-state index contributed by atoms with van der Waals surface area (Å²) in [6.07, 6.45) is 2.60. The molecule has 8 nitrogen and oxygen atoms in total. The number of benzene rings is 1. The highest BCUT2D eigenvalue weighted by Crippen LogP contribution is 2.31. The second-order valence-corrected chi connectivity index (χ2v) is 8.00. The van der Waals surface area contributed by atoms with Crippen LogP contribution in [0.1, 0.15) is 30.4 Å². The molecular formula is C23H30N6O2. The third-order valence-electron chi connectivity index (χ3n) is 5.68. The van der Waals surface area contributed by atoms with Crippen LogP contribution in [0.2, 0.25) is 0 Å². The van der Waals surface area contributed by atoms with Crippen LogP contribution in [0.25, 0.3) is 0 Å². The molecule has 31 heavy (non-hydrogen) atoms. The standard InChI is InChI=1S/C23H30N6O2/c1-16-15-29(9-10-31-16)21-8-7-17(12-25-21)13-26-23(24-2)27-14-18-11-22(30)28-20-6-4-3-5-19(18)20/h3-8,12,16,18H,9-11,13-15H2,1-2H3,(H,28,30)(H2,24,26,27). The highest BCUT2D eigenvalue weighted by Gasteiger charge is 2.24. The molecule has 2 aromatic rings. The molecular weight excluding hydrogens is 392 g/mol. The van der Waals surface area contributed by atoms with Gasteiger partial charge < -0.3 is 25.6 Å². The van der Waals surface area contributed by atoms with Crippen LogP contribution in [-0.4, -0.2) is 56.2 Å². The Morgan fingerprint density at radius 3 is 2.94 bits per heavy atom. The number of nitrogens with one attached hydrogen (secondary N) is 3. The van der Waals surface area contributed by atoms with Crippen molar-refractivity contribution >= 4 is 23.4 Å². The molecule has 8 heteroatoms. The van der Waals surface area contributed by atoms with Crippen LogP contribution >= 0.6 is 0 Å². The quantitative estimate of drug-likeness (QED) is 0.505. The van der Waals surface area contributed by atoms with Crippen molar-refractivity contribution in [1.82, 2.24) is 15.6 Å². The number of carbonyl (C=O) groups is 1. The first-order valence-corrected chi connectivity index (χ1v) is 10.8. The highest BCUT2D eigenvalue weighted by molar-refractivity contribution is 5.94. The van der Waals surface area contributed by atoms with Crippen LogP contribution < -0.4 is 20.9 Å². The van der Waals surface area contributed by atoms with Gasteiger partial charge in [-0.25, -0.2) is 4.98 Å². The van der Waals surface area contributed by atoms with Gasteiger partial charge in [-0.3, -0.25) is 9.79 Å². The van der Waals surface area contributed by atoms with Crippen molar-refractivity contribution in [1.29, 1.82) is 0 Å². The number of para-hydroxylation sites is 1. The van der Waals surface area contributed by atoms with Crippen LogP contribution in [0.5, 0.6) is 0 Å². The van der Waals surface area contributed by atoms with E-state index < -0.39 is 0 Å². The fourth-order valence-corrected chi connectivity index (χ4v) is 4.05. The first-order chi connectivity index (χ1) is 15.1. The maximum Gasteiger partial charge on any atom is 0.225 e. The maximum atomic E-state index is 12.0. The SMILES string of the molecule is CN=C(NCc1ccc(N2CCOC(C)C2)nc1)NCC1CC(=O)Nc2ccccc21. The predicted octanol–water partition coefficient (Wildman–Crippen LogP) is 2.10. The number of morpholine rings is 1. The molecule has 1 fully saturated rings. The van der Waals surface area contributed by atoms with Crippen molar-refractivity contribution in [3.63, 3.8) is 0 Å². The Morgan fingerprint density at radius 2 is 2.16 bits per heavy atom. The number of guanidine groups is 1. The predicted molar refractivity (Wildman–Crippen MR) is 122 cm³/mol. The zero-order valence-electron chi connectivity index (χ0n) is 18.1. The molecule has 0 radical (unpaired) electrons. The monoisotopic (exact) mass is 422 g/mol. The van der Waals surface area contributed by atoms with Crippen molar-refractivity contribution in [3.05, 3.63) is 53.7 Å². The molecule has 0 spiro atoms. The molecule has 3 N–H and O–H groups in total. The van der Waals surface area contributed by atoms with Gasteiger partial charge in [-0.05, 0) is 30.2 Å². The van der Waals surface area contributed by atoms with Crippen LogP contribution in [0.15, 0.2) is 47.6 Å². The molecule has 2 atom stereocenters. The molecule has 1 aromatic carbocycles. The summed E-state index contributed by atoms with van der Waals surface area (Å²) in [5.74, 6) is 1.85. The first-order valence-electron chi connectivity index (χ1n) is 10.8. The Morgan fingerprint density at radius 1 is 1.29 bits per heavy atom. The molecule has 1 amide bonds. The molecule has 0 bridgehead atoms. The van der Waals surface area contributed by atoms with Crippen LogP contribution in [0.4, 0.5) is 11.5 Å². The molecule has 2 unspecified atom stereocenters. The number of ether oxygens (including phenoxy) is 1. The number of aliphatic imine (C=N–C) groups is 1. The van der Waals surface area contributed by atoms with E-state index in [0.717, 1.165) is 42.3 Å². The number of nitrogens with zero attached hydrogens (tertiary/aromatic N) is 3. The number of rotatable bonds is 5. The fourth-order valence-electron chi connectivity index (χ4n) is 4.05. The van der Waals surface area contributed by atoms with Gasteiger partial charge in [0.25, 0.3) is 0 Å². The summed E-state index contributed by atoms with van der Waals surface area (Å²) in [7, 11) is 1.75. The highest BCUT2D eigenvalue weighted by atomic mass is 16.5. The Balaban J connectivity index is 1.30. The molecule has 1 saturated heterocycles. The lowest BCUT2D eigenvalue weighted by molar-refractivity contribution is -0.116. The van der Waals surface area contributed by atoms with Gasteiger partial charge in [0.05, 0.1) is 12.7 Å². The molecule has 2 aliphatic rings. The minimum absolute atomic E-state index is 0.0503. The number of anilines is 2. The minimum Gasteiger partial charge on any atom is -0.375 e. The Hall–Kier alpha value is -3.13. The van der Waals surface area contributed by atoms with Gasteiger partial charge >= 0.3 is 0 Å². The van der Waals surface area contributed by atoms with Crippen LogP contribution in [-0.2, 0) is 16.1 Å². The summed E-state index contributed by atoms with van der Waals surface area (Å²) in [5, 5.41) is 9.63. The molecule has 4 rings (SSSR count). The molecule has 164 valence electrons. The summed E-state index contributed by atoms with van der Waals surface area (Å²) in [6.45, 7) is 5.81. The summed E-state index contributed by atoms with van der Waals surface area (Å²) < 4.78 is 5.60. The normalized spacial score (nSPS) is 21.3. The van der Waals surface area contributed by atoms with Crippen molar-refractivity contribution in [3.8, 4) is 0 Å². The number of pyridine rings is 1. The molecule has 0 saturated carbocycles. The lowest BCUT2D eigenvalue weighted by Gasteiger charge is -2.32. The Labute approximate surface area is 183 Å². The number of hydrogen-bond acceptors (Lipinski definition) is 5. The van der Waals surface area contributed by atoms with E-state index >= 15 is 0 Å². The van der Waals surface area contributed by atoms with E-state index in [1.807, 2.05) is 24.4 Å².